The van der Waals surface area contributed by atoms with Crippen LogP contribution in [0.4, 0.5) is 0 Å². The molecule has 3 nitrogen and oxygen atoms in total. The third-order valence-corrected chi connectivity index (χ3v) is 13.2. The third kappa shape index (κ3) is 5.06. The van der Waals surface area contributed by atoms with E-state index in [-0.39, 0.29) is 0 Å². The summed E-state index contributed by atoms with van der Waals surface area (Å²) in [5, 5.41) is 2.18. The second kappa shape index (κ2) is 13.4. The van der Waals surface area contributed by atoms with Gasteiger partial charge in [0, 0.05) is 27.5 Å². The van der Waals surface area contributed by atoms with Crippen molar-refractivity contribution in [3.8, 4) is 78.4 Å². The number of furan rings is 1. The van der Waals surface area contributed by atoms with Crippen LogP contribution in [-0.2, 0) is 5.41 Å². The van der Waals surface area contributed by atoms with Crippen molar-refractivity contribution in [3.63, 3.8) is 0 Å². The van der Waals surface area contributed by atoms with E-state index in [4.69, 9.17) is 14.4 Å². The summed E-state index contributed by atoms with van der Waals surface area (Å²) in [5.41, 5.74) is 20.8. The summed E-state index contributed by atoms with van der Waals surface area (Å²) in [7, 11) is 0. The van der Waals surface area contributed by atoms with Gasteiger partial charge in [-0.25, -0.2) is 9.97 Å². The maximum Gasteiger partial charge on any atom is 0.160 e. The van der Waals surface area contributed by atoms with Crippen LogP contribution >= 0.6 is 0 Å². The van der Waals surface area contributed by atoms with Crippen LogP contribution in [0.2, 0.25) is 0 Å². The van der Waals surface area contributed by atoms with Crippen molar-refractivity contribution in [3.05, 3.63) is 241 Å². The van der Waals surface area contributed by atoms with E-state index in [2.05, 4.69) is 206 Å². The largest absolute Gasteiger partial charge is 0.456 e. The average molecular weight is 789 g/mol. The first-order valence-corrected chi connectivity index (χ1v) is 21.2. The molecule has 13 rings (SSSR count). The van der Waals surface area contributed by atoms with Crippen molar-refractivity contribution in [2.24, 2.45) is 0 Å². The molecule has 62 heavy (non-hydrogen) atoms. The van der Waals surface area contributed by atoms with Crippen molar-refractivity contribution in [1.82, 2.24) is 9.97 Å². The summed E-state index contributed by atoms with van der Waals surface area (Å²) in [6, 6.07) is 78.8. The highest BCUT2D eigenvalue weighted by Crippen LogP contribution is 2.61. The minimum Gasteiger partial charge on any atom is -0.456 e. The Morgan fingerprint density at radius 2 is 0.758 bits per heavy atom. The lowest BCUT2D eigenvalue weighted by Crippen LogP contribution is -2.29. The number of fused-ring (bicyclic) bond motifs is 15. The van der Waals surface area contributed by atoms with Gasteiger partial charge in [-0.05, 0) is 97.1 Å². The van der Waals surface area contributed by atoms with Crippen molar-refractivity contribution in [2.45, 2.75) is 5.41 Å². The van der Waals surface area contributed by atoms with Gasteiger partial charge in [-0.3, -0.25) is 0 Å². The van der Waals surface area contributed by atoms with Gasteiger partial charge in [0.05, 0.1) is 16.8 Å². The third-order valence-electron chi connectivity index (χ3n) is 13.2. The van der Waals surface area contributed by atoms with Crippen LogP contribution in [0.25, 0.3) is 100 Å². The smallest absolute Gasteiger partial charge is 0.160 e. The Labute approximate surface area is 359 Å². The van der Waals surface area contributed by atoms with E-state index in [1.165, 1.54) is 61.2 Å². The maximum atomic E-state index is 6.36. The molecule has 9 aromatic carbocycles. The van der Waals surface area contributed by atoms with Crippen molar-refractivity contribution in [2.75, 3.05) is 0 Å². The van der Waals surface area contributed by atoms with Gasteiger partial charge < -0.3 is 4.42 Å². The van der Waals surface area contributed by atoms with Crippen LogP contribution in [0.5, 0.6) is 0 Å². The molecular weight excluding hydrogens is 753 g/mol. The maximum absolute atomic E-state index is 6.36. The van der Waals surface area contributed by atoms with Gasteiger partial charge in [0.1, 0.15) is 11.2 Å². The number of para-hydroxylation sites is 1. The topological polar surface area (TPSA) is 38.9 Å². The zero-order chi connectivity index (χ0) is 40.8. The van der Waals surface area contributed by atoms with Crippen LogP contribution in [-0.4, -0.2) is 9.97 Å². The van der Waals surface area contributed by atoms with Crippen molar-refractivity contribution < 1.29 is 4.42 Å². The van der Waals surface area contributed by atoms with E-state index in [9.17, 15) is 0 Å². The fourth-order valence-corrected chi connectivity index (χ4v) is 10.4. The molecule has 0 unspecified atom stereocenters. The molecule has 288 valence electrons. The highest BCUT2D eigenvalue weighted by atomic mass is 16.3. The normalized spacial score (nSPS) is 13.0. The second-order valence-electron chi connectivity index (χ2n) is 16.4. The highest BCUT2D eigenvalue weighted by Gasteiger charge is 2.49. The molecule has 0 radical (unpaired) electrons. The standard InChI is InChI=1S/C59H36N2O/c1-2-14-37(15-3-1)38-26-28-39(29-27-38)54-36-55(61-58(60-54)41-30-32-48-47-21-9-13-25-56(47)62-57(48)35-41)40-31-33-53-49(34-40)46-20-8-12-24-52(46)59(53)50-22-10-6-18-44(50)42-16-4-5-17-43(42)45-19-7-11-23-51(45)59/h1-36H. The Kier molecular flexibility index (Phi) is 7.52. The van der Waals surface area contributed by atoms with Gasteiger partial charge >= 0.3 is 0 Å². The minimum absolute atomic E-state index is 0.541. The van der Waals surface area contributed by atoms with E-state index < -0.39 is 5.41 Å². The summed E-state index contributed by atoms with van der Waals surface area (Å²) in [4.78, 5) is 10.6. The lowest BCUT2D eigenvalue weighted by Gasteiger charge is -2.35. The number of hydrogen-bond acceptors (Lipinski definition) is 3. The zero-order valence-electron chi connectivity index (χ0n) is 33.6. The molecule has 3 heteroatoms. The van der Waals surface area contributed by atoms with E-state index >= 15 is 0 Å². The van der Waals surface area contributed by atoms with Crippen LogP contribution in [0, 0.1) is 0 Å². The van der Waals surface area contributed by atoms with Crippen LogP contribution < -0.4 is 0 Å². The first-order valence-electron chi connectivity index (χ1n) is 21.2. The molecule has 2 aliphatic rings. The average Bonchev–Trinajstić information content (AvgIpc) is 3.84. The fraction of sp³-hybridized carbons (Fsp3) is 0.0169. The summed E-state index contributed by atoms with van der Waals surface area (Å²) in [5.74, 6) is 0.647. The second-order valence-corrected chi connectivity index (χ2v) is 16.4. The van der Waals surface area contributed by atoms with Gasteiger partial charge in [-0.2, -0.15) is 0 Å². The molecule has 0 saturated carbocycles. The van der Waals surface area contributed by atoms with Crippen molar-refractivity contribution >= 4 is 21.9 Å². The monoisotopic (exact) mass is 788 g/mol. The lowest BCUT2D eigenvalue weighted by molar-refractivity contribution is 0.669. The molecule has 0 atom stereocenters. The molecule has 2 heterocycles. The van der Waals surface area contributed by atoms with Gasteiger partial charge in [0.25, 0.3) is 0 Å². The molecule has 0 amide bonds. The highest BCUT2D eigenvalue weighted by molar-refractivity contribution is 6.06. The molecule has 0 fully saturated rings. The minimum atomic E-state index is -0.541. The summed E-state index contributed by atoms with van der Waals surface area (Å²) in [6.45, 7) is 0. The van der Waals surface area contributed by atoms with Gasteiger partial charge in [-0.1, -0.05) is 188 Å². The van der Waals surface area contributed by atoms with Crippen LogP contribution in [0.15, 0.2) is 223 Å². The predicted molar refractivity (Wildman–Crippen MR) is 253 cm³/mol. The summed E-state index contributed by atoms with van der Waals surface area (Å²) < 4.78 is 6.36. The summed E-state index contributed by atoms with van der Waals surface area (Å²) >= 11 is 0. The Balaban J connectivity index is 1.03. The first kappa shape index (κ1) is 34.7. The molecule has 0 aliphatic heterocycles. The molecule has 2 aromatic heterocycles. The molecule has 0 saturated heterocycles. The van der Waals surface area contributed by atoms with Gasteiger partial charge in [0.15, 0.2) is 5.82 Å². The predicted octanol–water partition coefficient (Wildman–Crippen LogP) is 15.1. The number of aromatic nitrogens is 2. The number of hydrogen-bond donors (Lipinski definition) is 0. The van der Waals surface area contributed by atoms with E-state index in [0.717, 1.165) is 55.6 Å². The molecule has 2 aliphatic carbocycles. The number of benzene rings is 9. The van der Waals surface area contributed by atoms with E-state index in [1.807, 2.05) is 12.1 Å². The quantitative estimate of drug-likeness (QED) is 0.178. The van der Waals surface area contributed by atoms with Gasteiger partial charge in [-0.15, -0.1) is 0 Å². The Morgan fingerprint density at radius 3 is 1.44 bits per heavy atom. The van der Waals surface area contributed by atoms with Crippen LogP contribution in [0.1, 0.15) is 22.3 Å². The van der Waals surface area contributed by atoms with E-state index in [0.29, 0.717) is 5.82 Å². The molecule has 0 bridgehead atoms. The van der Waals surface area contributed by atoms with Crippen molar-refractivity contribution in [1.29, 1.82) is 0 Å². The Bertz CT molecular complexity index is 3510. The zero-order valence-corrected chi connectivity index (χ0v) is 33.6. The Morgan fingerprint density at radius 1 is 0.290 bits per heavy atom. The van der Waals surface area contributed by atoms with E-state index in [1.54, 1.807) is 0 Å². The molecule has 0 N–H and O–H groups in total. The van der Waals surface area contributed by atoms with Gasteiger partial charge in [0.2, 0.25) is 0 Å². The Hall–Kier alpha value is -8.14. The number of rotatable bonds is 4. The molecular formula is C59H36N2O. The first-order chi connectivity index (χ1) is 30.7. The summed E-state index contributed by atoms with van der Waals surface area (Å²) in [6.07, 6.45) is 0. The molecule has 1 spiro atoms. The number of nitrogens with zero attached hydrogens (tertiary/aromatic N) is 2. The lowest BCUT2D eigenvalue weighted by atomic mass is 9.66. The SMILES string of the molecule is c1ccc(-c2ccc(-c3cc(-c4ccc5c(c4)-c4ccccc4C54c5ccccc5-c5ccccc5-c5ccccc54)nc(-c4ccc5c(c4)oc4ccccc45)n3)cc2)cc1. The fourth-order valence-electron chi connectivity index (χ4n) is 10.4. The van der Waals surface area contributed by atoms with Crippen LogP contribution in [0.3, 0.4) is 0 Å². The molecule has 11 aromatic rings.